The lowest BCUT2D eigenvalue weighted by Gasteiger charge is -2.21. The van der Waals surface area contributed by atoms with Gasteiger partial charge in [-0.3, -0.25) is 9.78 Å². The number of nitrogens with zero attached hydrogens (tertiary/aromatic N) is 2. The van der Waals surface area contributed by atoms with Crippen molar-refractivity contribution in [1.29, 1.82) is 0 Å². The molecule has 1 saturated heterocycles. The zero-order valence-electron chi connectivity index (χ0n) is 12.1. The first-order valence-electron chi connectivity index (χ1n) is 7.08. The molecule has 0 aromatic carbocycles. The lowest BCUT2D eigenvalue weighted by atomic mass is 10.00. The summed E-state index contributed by atoms with van der Waals surface area (Å²) in [6, 6.07) is 5.16. The Morgan fingerprint density at radius 2 is 2.18 bits per heavy atom. The molecule has 0 aliphatic carbocycles. The summed E-state index contributed by atoms with van der Waals surface area (Å²) in [7, 11) is 0. The van der Waals surface area contributed by atoms with Crippen molar-refractivity contribution in [2.45, 2.75) is 25.3 Å². The number of hydrogen-bond donors (Lipinski definition) is 1. The second-order valence-electron chi connectivity index (χ2n) is 5.53. The molecular formula is C16H16N2O3S. The molecule has 0 bridgehead atoms. The van der Waals surface area contributed by atoms with E-state index in [1.165, 1.54) is 23.9 Å². The number of aromatic nitrogens is 1. The Morgan fingerprint density at radius 1 is 1.36 bits per heavy atom. The first-order valence-corrected chi connectivity index (χ1v) is 8.03. The summed E-state index contributed by atoms with van der Waals surface area (Å²) in [5, 5.41) is 13.1. The van der Waals surface area contributed by atoms with Crippen LogP contribution in [0.2, 0.25) is 0 Å². The second-order valence-corrected chi connectivity index (χ2v) is 6.31. The lowest BCUT2D eigenvalue weighted by Crippen LogP contribution is -2.34. The average Bonchev–Trinajstić information content (AvgIpc) is 3.16. The molecule has 3 rings (SSSR count). The molecule has 2 aromatic heterocycles. The SMILES string of the molecule is CC1CC(c2ccsc2)CN1C(=O)c1ccc(C(=O)O)cn1. The molecule has 0 spiro atoms. The van der Waals surface area contributed by atoms with Crippen LogP contribution in [0.3, 0.4) is 0 Å². The normalized spacial score (nSPS) is 21.0. The van der Waals surface area contributed by atoms with Gasteiger partial charge in [0, 0.05) is 24.7 Å². The zero-order valence-corrected chi connectivity index (χ0v) is 12.9. The van der Waals surface area contributed by atoms with Crippen molar-refractivity contribution >= 4 is 23.2 Å². The second kappa shape index (κ2) is 5.88. The maximum Gasteiger partial charge on any atom is 0.337 e. The van der Waals surface area contributed by atoms with Crippen molar-refractivity contribution in [1.82, 2.24) is 9.88 Å². The number of carboxylic acids is 1. The minimum absolute atomic E-state index is 0.0853. The highest BCUT2D eigenvalue weighted by Gasteiger charge is 2.34. The lowest BCUT2D eigenvalue weighted by molar-refractivity contribution is 0.0691. The molecule has 1 N–H and O–H groups in total. The number of carbonyl (C=O) groups excluding carboxylic acids is 1. The van der Waals surface area contributed by atoms with Gasteiger partial charge in [0.1, 0.15) is 5.69 Å². The van der Waals surface area contributed by atoms with Crippen LogP contribution in [0.15, 0.2) is 35.2 Å². The monoisotopic (exact) mass is 316 g/mol. The van der Waals surface area contributed by atoms with E-state index in [0.717, 1.165) is 6.42 Å². The standard InChI is InChI=1S/C16H16N2O3S/c1-10-6-13(12-4-5-22-9-12)8-18(10)15(19)14-3-2-11(7-17-14)16(20)21/h2-5,7,9-10,13H,6,8H2,1H3,(H,20,21). The fourth-order valence-electron chi connectivity index (χ4n) is 2.86. The van der Waals surface area contributed by atoms with Gasteiger partial charge in [-0.1, -0.05) is 0 Å². The molecule has 1 amide bonds. The van der Waals surface area contributed by atoms with E-state index in [0.29, 0.717) is 18.2 Å². The number of hydrogen-bond acceptors (Lipinski definition) is 4. The first kappa shape index (κ1) is 14.7. The largest absolute Gasteiger partial charge is 0.478 e. The molecule has 2 atom stereocenters. The van der Waals surface area contributed by atoms with E-state index in [1.54, 1.807) is 11.3 Å². The molecular weight excluding hydrogens is 300 g/mol. The number of carboxylic acid groups (broad SMARTS) is 1. The fourth-order valence-corrected chi connectivity index (χ4v) is 3.60. The van der Waals surface area contributed by atoms with Gasteiger partial charge in [0.05, 0.1) is 5.56 Å². The van der Waals surface area contributed by atoms with Gasteiger partial charge in [0.15, 0.2) is 0 Å². The van der Waals surface area contributed by atoms with Crippen LogP contribution in [0.1, 0.15) is 45.7 Å². The maximum absolute atomic E-state index is 12.6. The summed E-state index contributed by atoms with van der Waals surface area (Å²) in [4.78, 5) is 29.2. The van der Waals surface area contributed by atoms with Gasteiger partial charge in [-0.25, -0.2) is 4.79 Å². The molecule has 3 heterocycles. The van der Waals surface area contributed by atoms with E-state index < -0.39 is 5.97 Å². The molecule has 22 heavy (non-hydrogen) atoms. The Bertz CT molecular complexity index is 682. The molecule has 2 aromatic rings. The van der Waals surface area contributed by atoms with Crippen molar-refractivity contribution in [2.24, 2.45) is 0 Å². The molecule has 2 unspecified atom stereocenters. The van der Waals surface area contributed by atoms with Crippen LogP contribution < -0.4 is 0 Å². The fraction of sp³-hybridized carbons (Fsp3) is 0.312. The minimum atomic E-state index is -1.04. The molecule has 1 fully saturated rings. The Kier molecular flexibility index (Phi) is 3.94. The van der Waals surface area contributed by atoms with Crippen molar-refractivity contribution in [3.05, 3.63) is 52.0 Å². The van der Waals surface area contributed by atoms with E-state index in [9.17, 15) is 9.59 Å². The predicted octanol–water partition coefficient (Wildman–Crippen LogP) is 2.86. The first-order chi connectivity index (χ1) is 10.6. The van der Waals surface area contributed by atoms with Crippen LogP contribution in [-0.4, -0.2) is 39.5 Å². The Hall–Kier alpha value is -2.21. The molecule has 1 aliphatic rings. The van der Waals surface area contributed by atoms with Crippen molar-refractivity contribution < 1.29 is 14.7 Å². The van der Waals surface area contributed by atoms with Crippen molar-refractivity contribution in [3.63, 3.8) is 0 Å². The molecule has 6 heteroatoms. The summed E-state index contributed by atoms with van der Waals surface area (Å²) < 4.78 is 0. The van der Waals surface area contributed by atoms with Gasteiger partial charge in [-0.15, -0.1) is 0 Å². The van der Waals surface area contributed by atoms with Crippen LogP contribution in [-0.2, 0) is 0 Å². The number of thiophene rings is 1. The third-order valence-electron chi connectivity index (χ3n) is 4.08. The van der Waals surface area contributed by atoms with Crippen molar-refractivity contribution in [3.8, 4) is 0 Å². The van der Waals surface area contributed by atoms with Crippen LogP contribution in [0.5, 0.6) is 0 Å². The topological polar surface area (TPSA) is 70.5 Å². The number of pyridine rings is 1. The van der Waals surface area contributed by atoms with Crippen LogP contribution in [0.25, 0.3) is 0 Å². The summed E-state index contributed by atoms with van der Waals surface area (Å²) in [6.07, 6.45) is 2.17. The van der Waals surface area contributed by atoms with Gasteiger partial charge in [-0.05, 0) is 47.9 Å². The number of carbonyl (C=O) groups is 2. The van der Waals surface area contributed by atoms with E-state index in [1.807, 2.05) is 11.8 Å². The Morgan fingerprint density at radius 3 is 2.77 bits per heavy atom. The van der Waals surface area contributed by atoms with E-state index in [4.69, 9.17) is 5.11 Å². The summed E-state index contributed by atoms with van der Waals surface area (Å²) in [5.74, 6) is -0.816. The summed E-state index contributed by atoms with van der Waals surface area (Å²) in [5.41, 5.74) is 1.66. The smallest absolute Gasteiger partial charge is 0.337 e. The highest BCUT2D eigenvalue weighted by Crippen LogP contribution is 2.33. The van der Waals surface area contributed by atoms with Crippen molar-refractivity contribution in [2.75, 3.05) is 6.54 Å². The average molecular weight is 316 g/mol. The highest BCUT2D eigenvalue weighted by atomic mass is 32.1. The van der Waals surface area contributed by atoms with E-state index in [2.05, 4.69) is 21.8 Å². The zero-order chi connectivity index (χ0) is 15.7. The minimum Gasteiger partial charge on any atom is -0.478 e. The highest BCUT2D eigenvalue weighted by molar-refractivity contribution is 7.08. The molecule has 114 valence electrons. The summed E-state index contributed by atoms with van der Waals surface area (Å²) >= 11 is 1.67. The van der Waals surface area contributed by atoms with Gasteiger partial charge in [0.2, 0.25) is 0 Å². The van der Waals surface area contributed by atoms with Crippen LogP contribution in [0, 0.1) is 0 Å². The van der Waals surface area contributed by atoms with Crippen LogP contribution in [0.4, 0.5) is 0 Å². The molecule has 0 saturated carbocycles. The number of aromatic carboxylic acids is 1. The van der Waals surface area contributed by atoms with Gasteiger partial charge in [-0.2, -0.15) is 11.3 Å². The third kappa shape index (κ3) is 2.74. The Balaban J connectivity index is 1.76. The van der Waals surface area contributed by atoms with E-state index >= 15 is 0 Å². The maximum atomic E-state index is 12.6. The quantitative estimate of drug-likeness (QED) is 0.945. The predicted molar refractivity (Wildman–Crippen MR) is 83.4 cm³/mol. The van der Waals surface area contributed by atoms with Crippen LogP contribution >= 0.6 is 11.3 Å². The van der Waals surface area contributed by atoms with Gasteiger partial charge in [0.25, 0.3) is 5.91 Å². The Labute approximate surface area is 132 Å². The number of rotatable bonds is 3. The molecule has 5 nitrogen and oxygen atoms in total. The van der Waals surface area contributed by atoms with Gasteiger partial charge < -0.3 is 10.0 Å². The number of amides is 1. The third-order valence-corrected chi connectivity index (χ3v) is 4.78. The molecule has 0 radical (unpaired) electrons. The van der Waals surface area contributed by atoms with E-state index in [-0.39, 0.29) is 17.5 Å². The summed E-state index contributed by atoms with van der Waals surface area (Å²) in [6.45, 7) is 2.72. The number of likely N-dealkylation sites (tertiary alicyclic amines) is 1. The van der Waals surface area contributed by atoms with Gasteiger partial charge >= 0.3 is 5.97 Å². The molecule has 1 aliphatic heterocycles.